The van der Waals surface area contributed by atoms with Gasteiger partial charge >= 0.3 is 0 Å². The minimum absolute atomic E-state index is 0.172. The van der Waals surface area contributed by atoms with Gasteiger partial charge in [-0.15, -0.1) is 0 Å². The van der Waals surface area contributed by atoms with Crippen molar-refractivity contribution in [1.82, 2.24) is 0 Å². The van der Waals surface area contributed by atoms with E-state index in [0.29, 0.717) is 29.1 Å². The molecule has 3 rings (SSSR count). The fourth-order valence-corrected chi connectivity index (χ4v) is 3.32. The zero-order valence-corrected chi connectivity index (χ0v) is 17.0. The number of rotatable bonds is 9. The summed E-state index contributed by atoms with van der Waals surface area (Å²) in [6.45, 7) is 0.488. The van der Waals surface area contributed by atoms with E-state index in [-0.39, 0.29) is 11.2 Å². The standard InChI is InChI=1S/C22H23BrO4/c1-25-17-11-12-19-18(15-17)20(24)22(26-14-8-3-2-7-13-23)21(27-19)16-9-5-4-6-10-16/h4-6,9-12,15H,2-3,7-8,13-14H2,1H3. The van der Waals surface area contributed by atoms with E-state index in [1.165, 1.54) is 0 Å². The predicted molar refractivity (Wildman–Crippen MR) is 112 cm³/mol. The Hall–Kier alpha value is -2.27. The van der Waals surface area contributed by atoms with E-state index >= 15 is 0 Å². The van der Waals surface area contributed by atoms with Gasteiger partial charge in [-0.25, -0.2) is 0 Å². The highest BCUT2D eigenvalue weighted by Crippen LogP contribution is 2.32. The van der Waals surface area contributed by atoms with Crippen molar-refractivity contribution in [3.8, 4) is 22.8 Å². The summed E-state index contributed by atoms with van der Waals surface area (Å²) in [5, 5.41) is 1.48. The Kier molecular flexibility index (Phi) is 6.93. The Labute approximate surface area is 167 Å². The molecule has 0 amide bonds. The molecule has 0 N–H and O–H groups in total. The molecule has 1 aromatic heterocycles. The van der Waals surface area contributed by atoms with Crippen LogP contribution in [0.1, 0.15) is 25.7 Å². The SMILES string of the molecule is COc1ccc2oc(-c3ccccc3)c(OCCCCCCBr)c(=O)c2c1. The first kappa shape index (κ1) is 19.5. The summed E-state index contributed by atoms with van der Waals surface area (Å²) < 4.78 is 17.2. The molecule has 0 fully saturated rings. The Morgan fingerprint density at radius 3 is 2.52 bits per heavy atom. The molecule has 2 aromatic carbocycles. The van der Waals surface area contributed by atoms with Crippen LogP contribution in [0.3, 0.4) is 0 Å². The first-order chi connectivity index (χ1) is 13.2. The molecule has 1 heterocycles. The van der Waals surface area contributed by atoms with Crippen LogP contribution in [0, 0.1) is 0 Å². The third kappa shape index (κ3) is 4.72. The van der Waals surface area contributed by atoms with Gasteiger partial charge in [0.15, 0.2) is 5.76 Å². The van der Waals surface area contributed by atoms with Crippen LogP contribution < -0.4 is 14.9 Å². The maximum Gasteiger partial charge on any atom is 0.235 e. The third-order valence-corrected chi connectivity index (χ3v) is 4.93. The van der Waals surface area contributed by atoms with E-state index < -0.39 is 0 Å². The zero-order chi connectivity index (χ0) is 19.1. The van der Waals surface area contributed by atoms with Crippen LogP contribution in [0.4, 0.5) is 0 Å². The summed E-state index contributed by atoms with van der Waals surface area (Å²) in [5.41, 5.74) is 1.17. The zero-order valence-electron chi connectivity index (χ0n) is 15.4. The van der Waals surface area contributed by atoms with Gasteiger partial charge in [0.05, 0.1) is 19.1 Å². The molecule has 0 aliphatic heterocycles. The minimum atomic E-state index is -0.172. The van der Waals surface area contributed by atoms with Crippen molar-refractivity contribution in [2.24, 2.45) is 0 Å². The van der Waals surface area contributed by atoms with Crippen LogP contribution in [-0.4, -0.2) is 19.0 Å². The van der Waals surface area contributed by atoms with Crippen molar-refractivity contribution < 1.29 is 13.9 Å². The highest BCUT2D eigenvalue weighted by molar-refractivity contribution is 9.09. The average Bonchev–Trinajstić information content (AvgIpc) is 2.72. The van der Waals surface area contributed by atoms with Gasteiger partial charge in [-0.2, -0.15) is 0 Å². The number of fused-ring (bicyclic) bond motifs is 1. The molecule has 4 nitrogen and oxygen atoms in total. The first-order valence-corrected chi connectivity index (χ1v) is 10.3. The van der Waals surface area contributed by atoms with Crippen LogP contribution in [0.25, 0.3) is 22.3 Å². The summed E-state index contributed by atoms with van der Waals surface area (Å²) in [6, 6.07) is 14.8. The van der Waals surface area contributed by atoms with Gasteiger partial charge in [0.1, 0.15) is 11.3 Å². The number of halogens is 1. The lowest BCUT2D eigenvalue weighted by molar-refractivity contribution is 0.297. The van der Waals surface area contributed by atoms with Crippen molar-refractivity contribution in [1.29, 1.82) is 0 Å². The molecule has 27 heavy (non-hydrogen) atoms. The van der Waals surface area contributed by atoms with Crippen LogP contribution in [0.15, 0.2) is 57.7 Å². The van der Waals surface area contributed by atoms with Gasteiger partial charge in [0.2, 0.25) is 11.2 Å². The molecule has 0 atom stereocenters. The number of hydrogen-bond donors (Lipinski definition) is 0. The van der Waals surface area contributed by atoms with Crippen molar-refractivity contribution >= 4 is 26.9 Å². The molecule has 142 valence electrons. The number of benzene rings is 2. The molecule has 0 bridgehead atoms. The van der Waals surface area contributed by atoms with Crippen molar-refractivity contribution in [3.63, 3.8) is 0 Å². The first-order valence-electron chi connectivity index (χ1n) is 9.13. The number of ether oxygens (including phenoxy) is 2. The number of alkyl halides is 1. The van der Waals surface area contributed by atoms with E-state index in [2.05, 4.69) is 15.9 Å². The smallest absolute Gasteiger partial charge is 0.235 e. The molecule has 3 aromatic rings. The van der Waals surface area contributed by atoms with Crippen LogP contribution in [0.5, 0.6) is 11.5 Å². The van der Waals surface area contributed by atoms with Crippen molar-refractivity contribution in [3.05, 3.63) is 58.8 Å². The predicted octanol–water partition coefficient (Wildman–Crippen LogP) is 5.80. The molecule has 0 saturated carbocycles. The van der Waals surface area contributed by atoms with Gasteiger partial charge in [-0.3, -0.25) is 4.79 Å². The molecule has 0 radical (unpaired) electrons. The maximum absolute atomic E-state index is 13.1. The largest absolute Gasteiger partial charge is 0.497 e. The molecular formula is C22H23BrO4. The Morgan fingerprint density at radius 1 is 1.00 bits per heavy atom. The summed E-state index contributed by atoms with van der Waals surface area (Å²) in [5.74, 6) is 1.35. The molecule has 0 aliphatic rings. The Bertz CT molecular complexity index is 934. The topological polar surface area (TPSA) is 48.7 Å². The van der Waals surface area contributed by atoms with Crippen LogP contribution >= 0.6 is 15.9 Å². The number of hydrogen-bond acceptors (Lipinski definition) is 4. The molecule has 0 aliphatic carbocycles. The molecule has 5 heteroatoms. The van der Waals surface area contributed by atoms with Crippen LogP contribution in [0.2, 0.25) is 0 Å². The summed E-state index contributed by atoms with van der Waals surface area (Å²) in [7, 11) is 1.57. The molecular weight excluding hydrogens is 408 g/mol. The second-order valence-electron chi connectivity index (χ2n) is 6.27. The normalized spacial score (nSPS) is 10.9. The summed E-state index contributed by atoms with van der Waals surface area (Å²) in [4.78, 5) is 13.1. The monoisotopic (exact) mass is 430 g/mol. The fraction of sp³-hybridized carbons (Fsp3) is 0.318. The fourth-order valence-electron chi connectivity index (χ4n) is 2.92. The lowest BCUT2D eigenvalue weighted by Gasteiger charge is -2.12. The van der Waals surface area contributed by atoms with E-state index in [1.54, 1.807) is 25.3 Å². The highest BCUT2D eigenvalue weighted by Gasteiger charge is 2.18. The lowest BCUT2D eigenvalue weighted by atomic mass is 10.1. The number of unbranched alkanes of at least 4 members (excludes halogenated alkanes) is 3. The minimum Gasteiger partial charge on any atom is -0.497 e. The van der Waals surface area contributed by atoms with E-state index in [0.717, 1.165) is 36.6 Å². The van der Waals surface area contributed by atoms with Gasteiger partial charge in [0.25, 0.3) is 0 Å². The Morgan fingerprint density at radius 2 is 1.78 bits per heavy atom. The van der Waals surface area contributed by atoms with E-state index in [1.807, 2.05) is 30.3 Å². The van der Waals surface area contributed by atoms with Gasteiger partial charge in [-0.05, 0) is 31.0 Å². The molecule has 0 spiro atoms. The third-order valence-electron chi connectivity index (χ3n) is 4.37. The average molecular weight is 431 g/mol. The van der Waals surface area contributed by atoms with Gasteiger partial charge in [-0.1, -0.05) is 59.1 Å². The maximum atomic E-state index is 13.1. The number of methoxy groups -OCH3 is 1. The lowest BCUT2D eigenvalue weighted by Crippen LogP contribution is -2.11. The van der Waals surface area contributed by atoms with Crippen molar-refractivity contribution in [2.75, 3.05) is 19.0 Å². The van der Waals surface area contributed by atoms with Gasteiger partial charge in [0, 0.05) is 10.9 Å². The quantitative estimate of drug-likeness (QED) is 0.317. The Balaban J connectivity index is 1.96. The molecule has 0 unspecified atom stereocenters. The van der Waals surface area contributed by atoms with Crippen molar-refractivity contribution in [2.45, 2.75) is 25.7 Å². The second kappa shape index (κ2) is 9.60. The van der Waals surface area contributed by atoms with E-state index in [9.17, 15) is 4.79 Å². The summed E-state index contributed by atoms with van der Waals surface area (Å²) >= 11 is 3.44. The van der Waals surface area contributed by atoms with Crippen LogP contribution in [-0.2, 0) is 0 Å². The van der Waals surface area contributed by atoms with Gasteiger partial charge < -0.3 is 13.9 Å². The highest BCUT2D eigenvalue weighted by atomic mass is 79.9. The summed E-state index contributed by atoms with van der Waals surface area (Å²) in [6.07, 6.45) is 4.26. The molecule has 0 saturated heterocycles. The second-order valence-corrected chi connectivity index (χ2v) is 7.06. The van der Waals surface area contributed by atoms with E-state index in [4.69, 9.17) is 13.9 Å².